The normalized spacial score (nSPS) is 10.8. The third kappa shape index (κ3) is 4.50. The van der Waals surface area contributed by atoms with Crippen LogP contribution >= 0.6 is 0 Å². The highest BCUT2D eigenvalue weighted by Crippen LogP contribution is 2.24. The van der Waals surface area contributed by atoms with Gasteiger partial charge >= 0.3 is 0 Å². The molecule has 0 saturated carbocycles. The minimum Gasteiger partial charge on any atom is -0.391 e. The van der Waals surface area contributed by atoms with E-state index in [0.29, 0.717) is 18.7 Å². The van der Waals surface area contributed by atoms with Gasteiger partial charge in [0.2, 0.25) is 0 Å². The molecule has 0 atom stereocenters. The molecule has 0 aliphatic heterocycles. The average molecular weight is 268 g/mol. The quantitative estimate of drug-likeness (QED) is 0.604. The lowest BCUT2D eigenvalue weighted by molar-refractivity contribution is -0.385. The minimum absolute atomic E-state index is 0.0573. The maximum Gasteiger partial charge on any atom is 0.275 e. The van der Waals surface area contributed by atoms with Gasteiger partial charge in [-0.15, -0.1) is 0 Å². The maximum absolute atomic E-state index is 10.8. The molecule has 0 unspecified atom stereocenters. The van der Waals surface area contributed by atoms with Crippen LogP contribution in [0, 0.1) is 10.1 Å². The van der Waals surface area contributed by atoms with Crippen LogP contribution in [0.2, 0.25) is 0 Å². The van der Waals surface area contributed by atoms with Gasteiger partial charge in [-0.3, -0.25) is 10.1 Å². The second-order valence-corrected chi connectivity index (χ2v) is 4.57. The number of hydrogen-bond acceptors (Lipinski definition) is 5. The molecule has 0 heterocycles. The summed E-state index contributed by atoms with van der Waals surface area (Å²) in [6, 6.07) is 4.72. The van der Waals surface area contributed by atoms with E-state index in [2.05, 4.69) is 0 Å². The molecule has 0 spiro atoms. The first-order valence-electron chi connectivity index (χ1n) is 6.16. The molecule has 6 heteroatoms. The smallest absolute Gasteiger partial charge is 0.275 e. The zero-order valence-electron chi connectivity index (χ0n) is 11.5. The molecule has 0 aliphatic rings. The van der Waals surface area contributed by atoms with Gasteiger partial charge in [-0.2, -0.15) is 0 Å². The molecule has 0 saturated heterocycles. The first-order valence-corrected chi connectivity index (χ1v) is 6.16. The lowest BCUT2D eigenvalue weighted by Crippen LogP contribution is -2.24. The summed E-state index contributed by atoms with van der Waals surface area (Å²) in [5.74, 6) is 0. The summed E-state index contributed by atoms with van der Waals surface area (Å²) >= 11 is 0. The predicted octanol–water partition coefficient (Wildman–Crippen LogP) is 1.95. The number of hydrogen-bond donors (Lipinski definition) is 1. The fourth-order valence-electron chi connectivity index (χ4n) is 1.67. The Hall–Kier alpha value is -1.66. The molecule has 0 aliphatic carbocycles. The van der Waals surface area contributed by atoms with E-state index >= 15 is 0 Å². The van der Waals surface area contributed by atoms with Crippen molar-refractivity contribution in [3.8, 4) is 0 Å². The third-order valence-corrected chi connectivity index (χ3v) is 2.75. The first-order chi connectivity index (χ1) is 8.95. The van der Waals surface area contributed by atoms with E-state index in [1.54, 1.807) is 12.1 Å². The Balaban J connectivity index is 2.75. The van der Waals surface area contributed by atoms with Crippen LogP contribution in [0.15, 0.2) is 18.2 Å². The van der Waals surface area contributed by atoms with Gasteiger partial charge in [-0.1, -0.05) is 0 Å². The fraction of sp³-hybridized carbons (Fsp3) is 0.538. The number of anilines is 1. The summed E-state index contributed by atoms with van der Waals surface area (Å²) in [6.07, 6.45) is 0.179. The number of aliphatic hydroxyl groups is 1. The molecule has 1 rings (SSSR count). The molecule has 19 heavy (non-hydrogen) atoms. The summed E-state index contributed by atoms with van der Waals surface area (Å²) < 4.78 is 5.45. The van der Waals surface area contributed by atoms with Gasteiger partial charge in [0.1, 0.15) is 0 Å². The number of nitro benzene ring substituents is 1. The summed E-state index contributed by atoms with van der Waals surface area (Å²) in [5.41, 5.74) is 1.08. The predicted molar refractivity (Wildman–Crippen MR) is 73.4 cm³/mol. The van der Waals surface area contributed by atoms with Gasteiger partial charge in [0.25, 0.3) is 5.69 Å². The Morgan fingerprint density at radius 3 is 2.68 bits per heavy atom. The summed E-state index contributed by atoms with van der Waals surface area (Å²) in [5, 5.41) is 19.9. The van der Waals surface area contributed by atoms with Gasteiger partial charge < -0.3 is 14.7 Å². The van der Waals surface area contributed by atoms with Crippen molar-refractivity contribution in [3.63, 3.8) is 0 Å². The van der Waals surface area contributed by atoms with Gasteiger partial charge in [-0.25, -0.2) is 0 Å². The zero-order chi connectivity index (χ0) is 14.4. The van der Waals surface area contributed by atoms with Crippen LogP contribution < -0.4 is 4.90 Å². The average Bonchev–Trinajstić information content (AvgIpc) is 2.37. The SMILES string of the molecule is CC(C)OCCN(C)c1ccc([N+](=O)[O-])c(CO)c1. The Morgan fingerprint density at radius 1 is 1.47 bits per heavy atom. The number of benzene rings is 1. The van der Waals surface area contributed by atoms with Crippen molar-refractivity contribution in [1.82, 2.24) is 0 Å². The van der Waals surface area contributed by atoms with Gasteiger partial charge in [0.15, 0.2) is 0 Å². The van der Waals surface area contributed by atoms with Gasteiger partial charge in [-0.05, 0) is 26.0 Å². The first kappa shape index (κ1) is 15.4. The van der Waals surface area contributed by atoms with Gasteiger partial charge in [0.05, 0.1) is 29.8 Å². The Morgan fingerprint density at radius 2 is 2.16 bits per heavy atom. The molecule has 0 radical (unpaired) electrons. The van der Waals surface area contributed by atoms with Crippen molar-refractivity contribution in [3.05, 3.63) is 33.9 Å². The molecule has 6 nitrogen and oxygen atoms in total. The van der Waals surface area contributed by atoms with E-state index in [1.807, 2.05) is 25.8 Å². The largest absolute Gasteiger partial charge is 0.391 e. The molecule has 1 N–H and O–H groups in total. The lowest BCUT2D eigenvalue weighted by atomic mass is 10.1. The molecular formula is C13H20N2O4. The molecule has 1 aromatic rings. The van der Waals surface area contributed by atoms with E-state index in [1.165, 1.54) is 6.07 Å². The van der Waals surface area contributed by atoms with Crippen LogP contribution in [0.3, 0.4) is 0 Å². The minimum atomic E-state index is -0.489. The van der Waals surface area contributed by atoms with E-state index in [-0.39, 0.29) is 18.4 Å². The Labute approximate surface area is 112 Å². The second-order valence-electron chi connectivity index (χ2n) is 4.57. The summed E-state index contributed by atoms with van der Waals surface area (Å²) in [4.78, 5) is 12.2. The summed E-state index contributed by atoms with van der Waals surface area (Å²) in [7, 11) is 1.88. The van der Waals surface area contributed by atoms with Crippen molar-refractivity contribution >= 4 is 11.4 Å². The number of aliphatic hydroxyl groups excluding tert-OH is 1. The highest BCUT2D eigenvalue weighted by Gasteiger charge is 2.14. The topological polar surface area (TPSA) is 75.8 Å². The number of nitro groups is 1. The molecule has 0 fully saturated rings. The van der Waals surface area contributed by atoms with Crippen molar-refractivity contribution in [2.75, 3.05) is 25.1 Å². The van der Waals surface area contributed by atoms with Crippen LogP contribution in [-0.4, -0.2) is 36.3 Å². The van der Waals surface area contributed by atoms with Crippen molar-refractivity contribution in [1.29, 1.82) is 0 Å². The lowest BCUT2D eigenvalue weighted by Gasteiger charge is -2.20. The van der Waals surface area contributed by atoms with Crippen LogP contribution in [-0.2, 0) is 11.3 Å². The molecule has 0 amide bonds. The van der Waals surface area contributed by atoms with Crippen molar-refractivity contribution in [2.24, 2.45) is 0 Å². The highest BCUT2D eigenvalue weighted by atomic mass is 16.6. The monoisotopic (exact) mass is 268 g/mol. The van der Waals surface area contributed by atoms with Crippen LogP contribution in [0.4, 0.5) is 11.4 Å². The molecule has 106 valence electrons. The standard InChI is InChI=1S/C13H20N2O4/c1-10(2)19-7-6-14(3)12-4-5-13(15(17)18)11(8-12)9-16/h4-5,8,10,16H,6-7,9H2,1-3H3. The van der Waals surface area contributed by atoms with E-state index < -0.39 is 4.92 Å². The van der Waals surface area contributed by atoms with Crippen LogP contribution in [0.1, 0.15) is 19.4 Å². The maximum atomic E-state index is 10.8. The molecule has 0 bridgehead atoms. The number of nitrogens with zero attached hydrogens (tertiary/aromatic N) is 2. The van der Waals surface area contributed by atoms with Crippen LogP contribution in [0.5, 0.6) is 0 Å². The van der Waals surface area contributed by atoms with Gasteiger partial charge in [0, 0.05) is 25.3 Å². The highest BCUT2D eigenvalue weighted by molar-refractivity contribution is 5.55. The van der Waals surface area contributed by atoms with Crippen molar-refractivity contribution in [2.45, 2.75) is 26.6 Å². The van der Waals surface area contributed by atoms with E-state index in [0.717, 1.165) is 5.69 Å². The Kier molecular flexibility index (Phi) is 5.72. The van der Waals surface area contributed by atoms with Crippen LogP contribution in [0.25, 0.3) is 0 Å². The Bertz CT molecular complexity index is 435. The number of ether oxygens (including phenoxy) is 1. The molecule has 1 aromatic carbocycles. The molecule has 0 aromatic heterocycles. The van der Waals surface area contributed by atoms with E-state index in [4.69, 9.17) is 4.74 Å². The third-order valence-electron chi connectivity index (χ3n) is 2.75. The fourth-order valence-corrected chi connectivity index (χ4v) is 1.67. The zero-order valence-corrected chi connectivity index (χ0v) is 11.5. The number of likely N-dealkylation sites (N-methyl/N-ethyl adjacent to an activating group) is 1. The van der Waals surface area contributed by atoms with Crippen molar-refractivity contribution < 1.29 is 14.8 Å². The number of rotatable bonds is 7. The molecular weight excluding hydrogens is 248 g/mol. The summed E-state index contributed by atoms with van der Waals surface area (Å²) in [6.45, 7) is 4.85. The second kappa shape index (κ2) is 7.06. The van der Waals surface area contributed by atoms with E-state index in [9.17, 15) is 15.2 Å².